The average molecular weight is 283 g/mol. The zero-order valence-corrected chi connectivity index (χ0v) is 10.4. The van der Waals surface area contributed by atoms with E-state index >= 15 is 0 Å². The number of nitro groups is 1. The Hall–Kier alpha value is -2.68. The van der Waals surface area contributed by atoms with Gasteiger partial charge in [0.05, 0.1) is 11.5 Å². The van der Waals surface area contributed by atoms with Gasteiger partial charge in [-0.3, -0.25) is 14.9 Å². The number of hydrogen-bond donors (Lipinski definition) is 3. The molecule has 108 valence electrons. The summed E-state index contributed by atoms with van der Waals surface area (Å²) in [5.41, 5.74) is 4.01. The molecule has 1 aromatic rings. The number of carbonyl (C=O) groups excluding carboxylic acids is 1. The van der Waals surface area contributed by atoms with Crippen LogP contribution in [0.5, 0.6) is 0 Å². The number of ether oxygens (including phenoxy) is 1. The molecule has 1 rings (SSSR count). The molecule has 20 heavy (non-hydrogen) atoms. The second-order valence-electron chi connectivity index (χ2n) is 3.71. The maximum absolute atomic E-state index is 10.9. The lowest BCUT2D eigenvalue weighted by molar-refractivity contribution is -0.384. The van der Waals surface area contributed by atoms with E-state index < -0.39 is 28.1 Å². The van der Waals surface area contributed by atoms with Crippen molar-refractivity contribution in [3.8, 4) is 0 Å². The van der Waals surface area contributed by atoms with Crippen molar-refractivity contribution in [2.75, 3.05) is 25.1 Å². The fourth-order valence-electron chi connectivity index (χ4n) is 1.49. The fraction of sp³-hybridized carbons (Fsp3) is 0.273. The molecular formula is C11H13N3O6. The molecule has 0 aliphatic rings. The highest BCUT2D eigenvalue weighted by Crippen LogP contribution is 2.28. The predicted octanol–water partition coefficient (Wildman–Crippen LogP) is 0.207. The van der Waals surface area contributed by atoms with Gasteiger partial charge in [-0.2, -0.15) is 0 Å². The topological polar surface area (TPSA) is 145 Å². The van der Waals surface area contributed by atoms with Gasteiger partial charge in [0.15, 0.2) is 0 Å². The number of nitrogens with one attached hydrogen (secondary N) is 1. The van der Waals surface area contributed by atoms with Gasteiger partial charge in [-0.1, -0.05) is 6.07 Å². The van der Waals surface area contributed by atoms with Gasteiger partial charge in [-0.15, -0.1) is 0 Å². The van der Waals surface area contributed by atoms with Crippen molar-refractivity contribution in [1.82, 2.24) is 0 Å². The summed E-state index contributed by atoms with van der Waals surface area (Å²) < 4.78 is 4.87. The SMILES string of the molecule is NC(=O)COCCNc1cccc(C(=O)O)c1[N+](=O)[O-]. The summed E-state index contributed by atoms with van der Waals surface area (Å²) in [5, 5.41) is 22.5. The number of nitrogens with two attached hydrogens (primary N) is 1. The van der Waals surface area contributed by atoms with Crippen LogP contribution < -0.4 is 11.1 Å². The Morgan fingerprint density at radius 2 is 2.15 bits per heavy atom. The third-order valence-electron chi connectivity index (χ3n) is 2.26. The molecule has 0 saturated heterocycles. The van der Waals surface area contributed by atoms with E-state index in [1.54, 1.807) is 0 Å². The van der Waals surface area contributed by atoms with E-state index in [0.29, 0.717) is 0 Å². The molecule has 0 bridgehead atoms. The lowest BCUT2D eigenvalue weighted by Gasteiger charge is -2.08. The van der Waals surface area contributed by atoms with Gasteiger partial charge in [0, 0.05) is 6.54 Å². The predicted molar refractivity (Wildman–Crippen MR) is 68.6 cm³/mol. The van der Waals surface area contributed by atoms with Gasteiger partial charge in [0.2, 0.25) is 5.91 Å². The normalized spacial score (nSPS) is 10.0. The molecule has 9 heteroatoms. The molecule has 0 heterocycles. The highest BCUT2D eigenvalue weighted by atomic mass is 16.6. The third-order valence-corrected chi connectivity index (χ3v) is 2.26. The standard InChI is InChI=1S/C11H13N3O6/c12-9(15)6-20-5-4-13-8-3-1-2-7(11(16)17)10(8)14(18)19/h1-3,13H,4-6H2,(H2,12,15)(H,16,17). The first-order valence-electron chi connectivity index (χ1n) is 5.54. The monoisotopic (exact) mass is 283 g/mol. The summed E-state index contributed by atoms with van der Waals surface area (Å²) in [7, 11) is 0. The number of para-hydroxylation sites is 1. The van der Waals surface area contributed by atoms with Crippen molar-refractivity contribution >= 4 is 23.3 Å². The molecule has 1 amide bonds. The van der Waals surface area contributed by atoms with Gasteiger partial charge in [0.1, 0.15) is 17.9 Å². The van der Waals surface area contributed by atoms with Crippen LogP contribution in [-0.2, 0) is 9.53 Å². The first-order valence-corrected chi connectivity index (χ1v) is 5.54. The molecule has 0 spiro atoms. The van der Waals surface area contributed by atoms with Crippen LogP contribution in [0.2, 0.25) is 0 Å². The van der Waals surface area contributed by atoms with Gasteiger partial charge < -0.3 is 20.9 Å². The van der Waals surface area contributed by atoms with Crippen molar-refractivity contribution < 1.29 is 24.4 Å². The van der Waals surface area contributed by atoms with E-state index in [1.807, 2.05) is 0 Å². The van der Waals surface area contributed by atoms with Gasteiger partial charge in [0.25, 0.3) is 0 Å². The zero-order chi connectivity index (χ0) is 15.1. The van der Waals surface area contributed by atoms with E-state index in [-0.39, 0.29) is 25.4 Å². The van der Waals surface area contributed by atoms with Crippen molar-refractivity contribution in [2.45, 2.75) is 0 Å². The molecule has 0 fully saturated rings. The van der Waals surface area contributed by atoms with Gasteiger partial charge in [-0.05, 0) is 12.1 Å². The summed E-state index contributed by atoms with van der Waals surface area (Å²) in [6.07, 6.45) is 0. The van der Waals surface area contributed by atoms with Crippen molar-refractivity contribution in [2.24, 2.45) is 5.73 Å². The largest absolute Gasteiger partial charge is 0.477 e. The van der Waals surface area contributed by atoms with Gasteiger partial charge >= 0.3 is 11.7 Å². The lowest BCUT2D eigenvalue weighted by Crippen LogP contribution is -2.20. The molecule has 0 radical (unpaired) electrons. The van der Waals surface area contributed by atoms with E-state index in [1.165, 1.54) is 12.1 Å². The molecule has 0 saturated carbocycles. The van der Waals surface area contributed by atoms with E-state index in [9.17, 15) is 19.7 Å². The Balaban J connectivity index is 2.74. The molecule has 1 aromatic carbocycles. The molecular weight excluding hydrogens is 270 g/mol. The highest BCUT2D eigenvalue weighted by molar-refractivity contribution is 5.95. The van der Waals surface area contributed by atoms with Crippen LogP contribution >= 0.6 is 0 Å². The number of aromatic carboxylic acids is 1. The first kappa shape index (κ1) is 15.4. The number of rotatable bonds is 8. The van der Waals surface area contributed by atoms with Crippen LogP contribution in [0.1, 0.15) is 10.4 Å². The Morgan fingerprint density at radius 1 is 1.45 bits per heavy atom. The number of anilines is 1. The summed E-state index contributed by atoms with van der Waals surface area (Å²) in [4.78, 5) is 31.5. The Kier molecular flexibility index (Phi) is 5.42. The molecule has 0 aliphatic heterocycles. The highest BCUT2D eigenvalue weighted by Gasteiger charge is 2.23. The van der Waals surface area contributed by atoms with Crippen LogP contribution in [0.25, 0.3) is 0 Å². The van der Waals surface area contributed by atoms with Crippen molar-refractivity contribution in [1.29, 1.82) is 0 Å². The van der Waals surface area contributed by atoms with Crippen LogP contribution in [0.15, 0.2) is 18.2 Å². The average Bonchev–Trinajstić information content (AvgIpc) is 2.37. The van der Waals surface area contributed by atoms with E-state index in [4.69, 9.17) is 15.6 Å². The minimum absolute atomic E-state index is 0.0672. The number of primary amides is 1. The number of nitro benzene ring substituents is 1. The molecule has 0 aliphatic carbocycles. The minimum atomic E-state index is -1.38. The number of hydrogen-bond acceptors (Lipinski definition) is 6. The molecule has 0 unspecified atom stereocenters. The number of carboxylic acid groups (broad SMARTS) is 1. The summed E-state index contributed by atoms with van der Waals surface area (Å²) in [5.74, 6) is -2.01. The lowest BCUT2D eigenvalue weighted by atomic mass is 10.1. The fourth-order valence-corrected chi connectivity index (χ4v) is 1.49. The maximum Gasteiger partial charge on any atom is 0.342 e. The quantitative estimate of drug-likeness (QED) is 0.351. The molecule has 4 N–H and O–H groups in total. The van der Waals surface area contributed by atoms with E-state index in [0.717, 1.165) is 6.07 Å². The van der Waals surface area contributed by atoms with Gasteiger partial charge in [-0.25, -0.2) is 4.79 Å². The van der Waals surface area contributed by atoms with Crippen LogP contribution in [0, 0.1) is 10.1 Å². The van der Waals surface area contributed by atoms with Crippen LogP contribution in [0.4, 0.5) is 11.4 Å². The minimum Gasteiger partial charge on any atom is -0.477 e. The molecule has 0 aromatic heterocycles. The number of amides is 1. The molecule has 9 nitrogen and oxygen atoms in total. The summed E-state index contributed by atoms with van der Waals surface area (Å²) in [6.45, 7) is 0.00746. The van der Waals surface area contributed by atoms with Crippen LogP contribution in [-0.4, -0.2) is 41.7 Å². The Morgan fingerprint density at radius 3 is 2.70 bits per heavy atom. The van der Waals surface area contributed by atoms with Crippen LogP contribution in [0.3, 0.4) is 0 Å². The Bertz CT molecular complexity index is 531. The van der Waals surface area contributed by atoms with Crippen molar-refractivity contribution in [3.05, 3.63) is 33.9 Å². The van der Waals surface area contributed by atoms with Crippen molar-refractivity contribution in [3.63, 3.8) is 0 Å². The zero-order valence-electron chi connectivity index (χ0n) is 10.4. The maximum atomic E-state index is 10.9. The third kappa shape index (κ3) is 4.21. The number of nitrogens with zero attached hydrogens (tertiary/aromatic N) is 1. The Labute approximate surface area is 113 Å². The first-order chi connectivity index (χ1) is 9.43. The summed E-state index contributed by atoms with van der Waals surface area (Å²) >= 11 is 0. The smallest absolute Gasteiger partial charge is 0.342 e. The number of benzene rings is 1. The summed E-state index contributed by atoms with van der Waals surface area (Å²) in [6, 6.07) is 3.93. The second-order valence-corrected chi connectivity index (χ2v) is 3.71. The molecule has 0 atom stereocenters. The number of carboxylic acids is 1. The van der Waals surface area contributed by atoms with E-state index in [2.05, 4.69) is 5.32 Å². The number of carbonyl (C=O) groups is 2. The second kappa shape index (κ2) is 7.04.